The maximum Gasteiger partial charge on any atom is 0.322 e. The van der Waals surface area contributed by atoms with Gasteiger partial charge in [0.2, 0.25) is 0 Å². The van der Waals surface area contributed by atoms with Gasteiger partial charge in [0, 0.05) is 25.3 Å². The Morgan fingerprint density at radius 3 is 3.17 bits per heavy atom. The van der Waals surface area contributed by atoms with Crippen molar-refractivity contribution >= 4 is 11.7 Å². The van der Waals surface area contributed by atoms with Crippen LogP contribution in [-0.2, 0) is 9.47 Å². The third kappa shape index (κ3) is 3.80. The Morgan fingerprint density at radius 1 is 1.43 bits per heavy atom. The third-order valence-corrected chi connectivity index (χ3v) is 4.21. The van der Waals surface area contributed by atoms with Crippen LogP contribution in [0.25, 0.3) is 0 Å². The van der Waals surface area contributed by atoms with E-state index in [1.54, 1.807) is 11.0 Å². The first-order chi connectivity index (χ1) is 11.1. The first kappa shape index (κ1) is 16.2. The topological polar surface area (TPSA) is 62.8 Å². The van der Waals surface area contributed by atoms with Crippen molar-refractivity contribution in [3.05, 3.63) is 29.6 Å². The monoisotopic (exact) mass is 323 g/mol. The first-order valence-corrected chi connectivity index (χ1v) is 7.83. The van der Waals surface area contributed by atoms with Crippen molar-refractivity contribution in [2.75, 3.05) is 51.3 Å². The highest BCUT2D eigenvalue weighted by atomic mass is 19.1. The molecule has 2 aliphatic heterocycles. The van der Waals surface area contributed by atoms with Gasteiger partial charge in [-0.1, -0.05) is 6.07 Å². The van der Waals surface area contributed by atoms with Crippen LogP contribution >= 0.6 is 0 Å². The summed E-state index contributed by atoms with van der Waals surface area (Å²) >= 11 is 0. The SMILES string of the molecule is Cc1ccc(F)cc1NC(=O)N1CCO[C@]2(CNCCOC2)C1. The molecule has 126 valence electrons. The highest BCUT2D eigenvalue weighted by Crippen LogP contribution is 2.22. The van der Waals surface area contributed by atoms with Gasteiger partial charge in [-0.15, -0.1) is 0 Å². The number of halogens is 1. The molecule has 1 aromatic rings. The molecule has 2 saturated heterocycles. The van der Waals surface area contributed by atoms with E-state index in [4.69, 9.17) is 9.47 Å². The zero-order valence-electron chi connectivity index (χ0n) is 13.2. The van der Waals surface area contributed by atoms with E-state index in [0.29, 0.717) is 45.1 Å². The number of carbonyl (C=O) groups is 1. The van der Waals surface area contributed by atoms with Gasteiger partial charge in [0.05, 0.1) is 26.4 Å². The summed E-state index contributed by atoms with van der Waals surface area (Å²) in [6.07, 6.45) is 0. The van der Waals surface area contributed by atoms with Crippen LogP contribution in [0.2, 0.25) is 0 Å². The summed E-state index contributed by atoms with van der Waals surface area (Å²) in [6, 6.07) is 4.11. The van der Waals surface area contributed by atoms with Gasteiger partial charge in [-0.2, -0.15) is 0 Å². The highest BCUT2D eigenvalue weighted by molar-refractivity contribution is 5.90. The van der Waals surface area contributed by atoms with Crippen LogP contribution < -0.4 is 10.6 Å². The molecule has 2 heterocycles. The molecule has 7 heteroatoms. The Morgan fingerprint density at radius 2 is 2.30 bits per heavy atom. The van der Waals surface area contributed by atoms with Crippen molar-refractivity contribution in [1.29, 1.82) is 0 Å². The van der Waals surface area contributed by atoms with E-state index in [0.717, 1.165) is 12.1 Å². The lowest BCUT2D eigenvalue weighted by molar-refractivity contribution is -0.123. The summed E-state index contributed by atoms with van der Waals surface area (Å²) in [4.78, 5) is 14.2. The van der Waals surface area contributed by atoms with Crippen molar-refractivity contribution in [2.24, 2.45) is 0 Å². The van der Waals surface area contributed by atoms with Crippen molar-refractivity contribution in [1.82, 2.24) is 10.2 Å². The fraction of sp³-hybridized carbons (Fsp3) is 0.562. The minimum absolute atomic E-state index is 0.245. The van der Waals surface area contributed by atoms with Gasteiger partial charge < -0.3 is 25.0 Å². The molecule has 2 fully saturated rings. The molecule has 3 rings (SSSR count). The number of anilines is 1. The summed E-state index contributed by atoms with van der Waals surface area (Å²) in [7, 11) is 0. The summed E-state index contributed by atoms with van der Waals surface area (Å²) in [5.41, 5.74) is 0.802. The molecule has 2 aliphatic rings. The molecular formula is C16H22FN3O3. The maximum atomic E-state index is 13.4. The third-order valence-electron chi connectivity index (χ3n) is 4.21. The molecule has 23 heavy (non-hydrogen) atoms. The highest BCUT2D eigenvalue weighted by Gasteiger charge is 2.39. The van der Waals surface area contributed by atoms with E-state index in [1.807, 2.05) is 6.92 Å². The van der Waals surface area contributed by atoms with Gasteiger partial charge in [0.25, 0.3) is 0 Å². The minimum Gasteiger partial charge on any atom is -0.377 e. The summed E-state index contributed by atoms with van der Waals surface area (Å²) in [5.74, 6) is -0.370. The smallest absolute Gasteiger partial charge is 0.322 e. The Hall–Kier alpha value is -1.70. The van der Waals surface area contributed by atoms with Crippen molar-refractivity contribution in [3.8, 4) is 0 Å². The van der Waals surface area contributed by atoms with Crippen LogP contribution in [0.3, 0.4) is 0 Å². The van der Waals surface area contributed by atoms with E-state index >= 15 is 0 Å². The number of hydrogen-bond donors (Lipinski definition) is 2. The number of amides is 2. The molecule has 0 bridgehead atoms. The molecule has 6 nitrogen and oxygen atoms in total. The van der Waals surface area contributed by atoms with Crippen LogP contribution in [0.5, 0.6) is 0 Å². The number of nitrogens with zero attached hydrogens (tertiary/aromatic N) is 1. The molecule has 0 radical (unpaired) electrons. The maximum absolute atomic E-state index is 13.4. The second-order valence-corrected chi connectivity index (χ2v) is 6.07. The number of hydrogen-bond acceptors (Lipinski definition) is 4. The zero-order chi connectivity index (χ0) is 16.3. The second kappa shape index (κ2) is 6.82. The lowest BCUT2D eigenvalue weighted by Crippen LogP contribution is -2.60. The summed E-state index contributed by atoms with van der Waals surface area (Å²) < 4.78 is 24.8. The number of rotatable bonds is 1. The predicted octanol–water partition coefficient (Wildman–Crippen LogP) is 1.36. The van der Waals surface area contributed by atoms with E-state index in [-0.39, 0.29) is 11.8 Å². The second-order valence-electron chi connectivity index (χ2n) is 6.07. The minimum atomic E-state index is -0.511. The quantitative estimate of drug-likeness (QED) is 0.819. The van der Waals surface area contributed by atoms with Gasteiger partial charge >= 0.3 is 6.03 Å². The summed E-state index contributed by atoms with van der Waals surface area (Å²) in [6.45, 7) is 5.76. The van der Waals surface area contributed by atoms with Gasteiger partial charge in [0.1, 0.15) is 11.4 Å². The number of carbonyl (C=O) groups excluding carboxylic acids is 1. The Labute approximate surface area is 134 Å². The van der Waals surface area contributed by atoms with Crippen LogP contribution in [-0.4, -0.2) is 62.5 Å². The molecule has 0 aromatic heterocycles. The normalized spacial score (nSPS) is 25.2. The van der Waals surface area contributed by atoms with E-state index < -0.39 is 5.60 Å². The summed E-state index contributed by atoms with van der Waals surface area (Å²) in [5, 5.41) is 6.06. The van der Waals surface area contributed by atoms with Crippen molar-refractivity contribution in [3.63, 3.8) is 0 Å². The van der Waals surface area contributed by atoms with Crippen LogP contribution in [0.1, 0.15) is 5.56 Å². The van der Waals surface area contributed by atoms with E-state index in [2.05, 4.69) is 10.6 Å². The van der Waals surface area contributed by atoms with Gasteiger partial charge in [0.15, 0.2) is 0 Å². The number of benzene rings is 1. The lowest BCUT2D eigenvalue weighted by Gasteiger charge is -2.41. The first-order valence-electron chi connectivity index (χ1n) is 7.83. The van der Waals surface area contributed by atoms with Crippen LogP contribution in [0.15, 0.2) is 18.2 Å². The van der Waals surface area contributed by atoms with Crippen LogP contribution in [0, 0.1) is 12.7 Å². The standard InChI is InChI=1S/C16H22FN3O3/c1-12-2-3-13(17)8-14(12)19-15(21)20-5-7-23-16(10-20)9-18-4-6-22-11-16/h2-3,8,18H,4-7,9-11H2,1H3,(H,19,21)/t16-/m1/s1. The number of aryl methyl sites for hydroxylation is 1. The average Bonchev–Trinajstić information content (AvgIpc) is 2.76. The molecule has 0 saturated carbocycles. The molecule has 2 N–H and O–H groups in total. The zero-order valence-corrected chi connectivity index (χ0v) is 13.2. The Kier molecular flexibility index (Phi) is 4.79. The van der Waals surface area contributed by atoms with E-state index in [9.17, 15) is 9.18 Å². The van der Waals surface area contributed by atoms with E-state index in [1.165, 1.54) is 12.1 Å². The lowest BCUT2D eigenvalue weighted by atomic mass is 10.0. The molecule has 1 spiro atoms. The predicted molar refractivity (Wildman–Crippen MR) is 84.1 cm³/mol. The number of ether oxygens (including phenoxy) is 2. The van der Waals surface area contributed by atoms with Crippen molar-refractivity contribution < 1.29 is 18.7 Å². The fourth-order valence-electron chi connectivity index (χ4n) is 2.91. The Bertz CT molecular complexity index is 574. The largest absolute Gasteiger partial charge is 0.377 e. The number of nitrogens with one attached hydrogen (secondary N) is 2. The molecule has 1 atom stereocenters. The number of morpholine rings is 1. The fourth-order valence-corrected chi connectivity index (χ4v) is 2.91. The molecule has 0 unspecified atom stereocenters. The van der Waals surface area contributed by atoms with Gasteiger partial charge in [-0.25, -0.2) is 9.18 Å². The molecule has 2 amide bonds. The molecule has 0 aliphatic carbocycles. The van der Waals surface area contributed by atoms with Crippen LogP contribution in [0.4, 0.5) is 14.9 Å². The Balaban J connectivity index is 1.68. The average molecular weight is 323 g/mol. The molecule has 1 aromatic carbocycles. The number of urea groups is 1. The van der Waals surface area contributed by atoms with Gasteiger partial charge in [-0.05, 0) is 24.6 Å². The van der Waals surface area contributed by atoms with Gasteiger partial charge in [-0.3, -0.25) is 0 Å². The van der Waals surface area contributed by atoms with Crippen molar-refractivity contribution in [2.45, 2.75) is 12.5 Å². The molecular weight excluding hydrogens is 301 g/mol.